The summed E-state index contributed by atoms with van der Waals surface area (Å²) >= 11 is 0. The van der Waals surface area contributed by atoms with Gasteiger partial charge in [-0.15, -0.1) is 0 Å². The Morgan fingerprint density at radius 2 is 1.34 bits per heavy atom. The highest BCUT2D eigenvalue weighted by Gasteiger charge is 2.49. The zero-order valence-corrected chi connectivity index (χ0v) is 19.4. The van der Waals surface area contributed by atoms with E-state index >= 15 is 0 Å². The molecular formula is C28H29N3O4. The molecule has 0 aliphatic carbocycles. The molecule has 7 nitrogen and oxygen atoms in total. The first kappa shape index (κ1) is 24.2. The van der Waals surface area contributed by atoms with Crippen LogP contribution in [0.2, 0.25) is 0 Å². The van der Waals surface area contributed by atoms with Crippen molar-refractivity contribution in [1.82, 2.24) is 16.0 Å². The molecular weight excluding hydrogens is 442 g/mol. The van der Waals surface area contributed by atoms with Gasteiger partial charge >= 0.3 is 5.97 Å². The summed E-state index contributed by atoms with van der Waals surface area (Å²) in [4.78, 5) is 38.1. The van der Waals surface area contributed by atoms with E-state index in [0.29, 0.717) is 19.4 Å². The first-order chi connectivity index (χ1) is 17.1. The molecule has 0 aromatic heterocycles. The molecule has 1 aliphatic rings. The van der Waals surface area contributed by atoms with E-state index in [4.69, 9.17) is 4.74 Å². The summed E-state index contributed by atoms with van der Waals surface area (Å²) < 4.78 is 5.31. The second-order valence-corrected chi connectivity index (χ2v) is 8.49. The van der Waals surface area contributed by atoms with Crippen molar-refractivity contribution in [2.24, 2.45) is 0 Å². The fraction of sp³-hybridized carbons (Fsp3) is 0.250. The van der Waals surface area contributed by atoms with Gasteiger partial charge in [-0.3, -0.25) is 19.7 Å². The lowest BCUT2D eigenvalue weighted by molar-refractivity contribution is -0.145. The van der Waals surface area contributed by atoms with E-state index in [-0.39, 0.29) is 12.5 Å². The molecule has 4 rings (SSSR count). The first-order valence-corrected chi connectivity index (χ1v) is 11.7. The Morgan fingerprint density at radius 1 is 0.771 bits per heavy atom. The van der Waals surface area contributed by atoms with E-state index in [1.54, 1.807) is 0 Å². The van der Waals surface area contributed by atoms with Crippen molar-refractivity contribution in [1.29, 1.82) is 0 Å². The van der Waals surface area contributed by atoms with E-state index in [9.17, 15) is 14.4 Å². The molecule has 180 valence electrons. The van der Waals surface area contributed by atoms with Crippen molar-refractivity contribution in [3.8, 4) is 0 Å². The van der Waals surface area contributed by atoms with Crippen LogP contribution in [0.25, 0.3) is 0 Å². The van der Waals surface area contributed by atoms with E-state index in [1.165, 1.54) is 0 Å². The molecule has 0 radical (unpaired) electrons. The number of hydrogen-bond donors (Lipinski definition) is 3. The highest BCUT2D eigenvalue weighted by molar-refractivity contribution is 5.97. The van der Waals surface area contributed by atoms with E-state index < -0.39 is 30.0 Å². The minimum Gasteiger partial charge on any atom is -0.460 e. The maximum atomic E-state index is 13.0. The third-order valence-corrected chi connectivity index (χ3v) is 5.82. The molecule has 1 aliphatic heterocycles. The molecule has 7 heteroatoms. The Kier molecular flexibility index (Phi) is 8.25. The molecule has 1 saturated heterocycles. The summed E-state index contributed by atoms with van der Waals surface area (Å²) in [6, 6.07) is 26.5. The molecule has 0 spiro atoms. The summed E-state index contributed by atoms with van der Waals surface area (Å²) in [5.41, 5.74) is 2.92. The third kappa shape index (κ3) is 7.25. The summed E-state index contributed by atoms with van der Waals surface area (Å²) in [6.07, 6.45) is 1.04. The lowest BCUT2D eigenvalue weighted by Crippen LogP contribution is -2.50. The van der Waals surface area contributed by atoms with Crippen LogP contribution in [0.3, 0.4) is 0 Å². The third-order valence-electron chi connectivity index (χ3n) is 5.82. The van der Waals surface area contributed by atoms with Crippen LogP contribution < -0.4 is 16.0 Å². The maximum Gasteiger partial charge on any atom is 0.325 e. The summed E-state index contributed by atoms with van der Waals surface area (Å²) in [5.74, 6) is -1.14. The van der Waals surface area contributed by atoms with Gasteiger partial charge in [-0.05, 0) is 23.1 Å². The Hall–Kier alpha value is -3.97. The van der Waals surface area contributed by atoms with Crippen LogP contribution in [-0.2, 0) is 38.6 Å². The normalized spacial score (nSPS) is 17.1. The van der Waals surface area contributed by atoms with Gasteiger partial charge in [0.1, 0.15) is 24.7 Å². The van der Waals surface area contributed by atoms with Gasteiger partial charge in [-0.1, -0.05) is 91.0 Å². The zero-order chi connectivity index (χ0) is 24.5. The van der Waals surface area contributed by atoms with Gasteiger partial charge in [0.25, 0.3) is 0 Å². The Balaban J connectivity index is 1.30. The van der Waals surface area contributed by atoms with Crippen molar-refractivity contribution in [3.05, 3.63) is 108 Å². The number of amides is 2. The SMILES string of the molecule is O=C(NCCc1ccccc1)[C@H](Cc1ccccc1)NC(=O)[C@H]1N[C@@H]1C(=O)OCc1ccccc1. The van der Waals surface area contributed by atoms with Gasteiger partial charge < -0.3 is 15.4 Å². The summed E-state index contributed by atoms with van der Waals surface area (Å²) in [5, 5.41) is 8.60. The average Bonchev–Trinajstić information content (AvgIpc) is 3.70. The molecule has 3 atom stereocenters. The van der Waals surface area contributed by atoms with Crippen LogP contribution in [0, 0.1) is 0 Å². The van der Waals surface area contributed by atoms with E-state index in [0.717, 1.165) is 16.7 Å². The molecule has 3 aromatic rings. The highest BCUT2D eigenvalue weighted by Crippen LogP contribution is 2.15. The average molecular weight is 472 g/mol. The van der Waals surface area contributed by atoms with Gasteiger partial charge in [0, 0.05) is 13.0 Å². The van der Waals surface area contributed by atoms with E-state index in [2.05, 4.69) is 16.0 Å². The monoisotopic (exact) mass is 471 g/mol. The molecule has 3 N–H and O–H groups in total. The molecule has 35 heavy (non-hydrogen) atoms. The van der Waals surface area contributed by atoms with Crippen molar-refractivity contribution < 1.29 is 19.1 Å². The minimum atomic E-state index is -0.760. The molecule has 2 amide bonds. The van der Waals surface area contributed by atoms with Crippen LogP contribution in [0.15, 0.2) is 91.0 Å². The molecule has 1 heterocycles. The van der Waals surface area contributed by atoms with Crippen molar-refractivity contribution >= 4 is 17.8 Å². The number of ether oxygens (including phenoxy) is 1. The number of rotatable bonds is 11. The number of nitrogens with one attached hydrogen (secondary N) is 3. The Bertz CT molecular complexity index is 1120. The fourth-order valence-corrected chi connectivity index (χ4v) is 3.81. The van der Waals surface area contributed by atoms with Crippen LogP contribution in [0.1, 0.15) is 16.7 Å². The second-order valence-electron chi connectivity index (χ2n) is 8.49. The Labute approximate surface area is 204 Å². The number of hydrogen-bond acceptors (Lipinski definition) is 5. The molecule has 0 bridgehead atoms. The fourth-order valence-electron chi connectivity index (χ4n) is 3.81. The minimum absolute atomic E-state index is 0.145. The molecule has 3 aromatic carbocycles. The van der Waals surface area contributed by atoms with Gasteiger partial charge in [0.15, 0.2) is 0 Å². The van der Waals surface area contributed by atoms with Crippen LogP contribution in [0.4, 0.5) is 0 Å². The summed E-state index contributed by atoms with van der Waals surface area (Å²) in [7, 11) is 0. The molecule has 0 saturated carbocycles. The predicted octanol–water partition coefficient (Wildman–Crippen LogP) is 2.16. The van der Waals surface area contributed by atoms with Crippen LogP contribution in [-0.4, -0.2) is 42.5 Å². The zero-order valence-electron chi connectivity index (χ0n) is 19.4. The predicted molar refractivity (Wildman–Crippen MR) is 132 cm³/mol. The van der Waals surface area contributed by atoms with Gasteiger partial charge in [-0.25, -0.2) is 0 Å². The lowest BCUT2D eigenvalue weighted by Gasteiger charge is -2.18. The molecule has 1 fully saturated rings. The van der Waals surface area contributed by atoms with Crippen molar-refractivity contribution in [2.45, 2.75) is 37.6 Å². The number of benzene rings is 3. The number of carbonyl (C=O) groups excluding carboxylic acids is 3. The molecule has 0 unspecified atom stereocenters. The van der Waals surface area contributed by atoms with Gasteiger partial charge in [0.2, 0.25) is 11.8 Å². The highest BCUT2D eigenvalue weighted by atomic mass is 16.5. The standard InChI is InChI=1S/C28H29N3O4/c32-26(29-17-16-20-10-4-1-5-11-20)23(18-21-12-6-2-7-13-21)30-27(33)24-25(31-24)28(34)35-19-22-14-8-3-9-15-22/h1-15,23-25,31H,16-19H2,(H,29,32)(H,30,33)/t23-,24-,25-/m0/s1. The van der Waals surface area contributed by atoms with Crippen molar-refractivity contribution in [2.75, 3.05) is 6.54 Å². The van der Waals surface area contributed by atoms with Crippen LogP contribution >= 0.6 is 0 Å². The van der Waals surface area contributed by atoms with Gasteiger partial charge in [0.05, 0.1) is 0 Å². The number of esters is 1. The quantitative estimate of drug-likeness (QED) is 0.294. The van der Waals surface area contributed by atoms with Crippen LogP contribution in [0.5, 0.6) is 0 Å². The van der Waals surface area contributed by atoms with Crippen molar-refractivity contribution in [3.63, 3.8) is 0 Å². The first-order valence-electron chi connectivity index (χ1n) is 11.7. The maximum absolute atomic E-state index is 13.0. The number of carbonyl (C=O) groups is 3. The smallest absolute Gasteiger partial charge is 0.325 e. The van der Waals surface area contributed by atoms with Gasteiger partial charge in [-0.2, -0.15) is 0 Å². The van der Waals surface area contributed by atoms with E-state index in [1.807, 2.05) is 91.0 Å². The largest absolute Gasteiger partial charge is 0.460 e. The lowest BCUT2D eigenvalue weighted by atomic mass is 10.0. The Morgan fingerprint density at radius 3 is 1.97 bits per heavy atom. The summed E-state index contributed by atoms with van der Waals surface area (Å²) in [6.45, 7) is 0.604. The topological polar surface area (TPSA) is 106 Å². The second kappa shape index (κ2) is 11.9.